The van der Waals surface area contributed by atoms with Crippen LogP contribution < -0.4 is 4.74 Å². The summed E-state index contributed by atoms with van der Waals surface area (Å²) in [6.07, 6.45) is 8.43. The molecule has 116 valence electrons. The Balaban J connectivity index is 1.88. The summed E-state index contributed by atoms with van der Waals surface area (Å²) in [5, 5.41) is 0. The van der Waals surface area contributed by atoms with Gasteiger partial charge >= 0.3 is 0 Å². The molecule has 1 aromatic rings. The highest BCUT2D eigenvalue weighted by molar-refractivity contribution is 6.70. The lowest BCUT2D eigenvalue weighted by atomic mass is 9.89. The van der Waals surface area contributed by atoms with Crippen LogP contribution in [0.25, 0.3) is 0 Å². The van der Waals surface area contributed by atoms with Gasteiger partial charge in [0.15, 0.2) is 0 Å². The van der Waals surface area contributed by atoms with E-state index in [9.17, 15) is 0 Å². The first-order valence-corrected chi connectivity index (χ1v) is 11.4. The third-order valence-corrected chi connectivity index (χ3v) is 4.69. The highest BCUT2D eigenvalue weighted by Gasteiger charge is 2.21. The fourth-order valence-corrected chi connectivity index (χ4v) is 3.77. The molecule has 0 aliphatic heterocycles. The molecule has 1 unspecified atom stereocenters. The van der Waals surface area contributed by atoms with Crippen LogP contribution in [-0.2, 0) is 10.8 Å². The minimum absolute atomic E-state index is 0.673. The van der Waals surface area contributed by atoms with Gasteiger partial charge in [0, 0.05) is 6.42 Å². The van der Waals surface area contributed by atoms with Crippen LogP contribution in [0.5, 0.6) is 5.75 Å². The van der Waals surface area contributed by atoms with Crippen molar-refractivity contribution in [3.05, 3.63) is 41.7 Å². The van der Waals surface area contributed by atoms with E-state index in [0.717, 1.165) is 18.6 Å². The molecule has 2 nitrogen and oxygen atoms in total. The van der Waals surface area contributed by atoms with Crippen molar-refractivity contribution in [3.63, 3.8) is 0 Å². The number of rotatable bonds is 6. The quantitative estimate of drug-likeness (QED) is 0.676. The fourth-order valence-electron chi connectivity index (χ4n) is 2.82. The van der Waals surface area contributed by atoms with Gasteiger partial charge in [0.05, 0.1) is 12.9 Å². The van der Waals surface area contributed by atoms with Crippen LogP contribution in [0.3, 0.4) is 0 Å². The maximum Gasteiger partial charge on any atom is 0.241 e. The van der Waals surface area contributed by atoms with Gasteiger partial charge in [-0.3, -0.25) is 0 Å². The molecule has 2 rings (SSSR count). The van der Waals surface area contributed by atoms with E-state index in [2.05, 4.69) is 37.8 Å². The van der Waals surface area contributed by atoms with E-state index in [1.807, 2.05) is 12.1 Å². The summed E-state index contributed by atoms with van der Waals surface area (Å²) in [5.41, 5.74) is 1.39. The van der Waals surface area contributed by atoms with Crippen molar-refractivity contribution in [2.24, 2.45) is 5.92 Å². The number of allylic oxidation sites excluding steroid dienone is 2. The highest BCUT2D eigenvalue weighted by atomic mass is 28.4. The third-order valence-electron chi connectivity index (χ3n) is 3.82. The van der Waals surface area contributed by atoms with E-state index >= 15 is 0 Å². The van der Waals surface area contributed by atoms with Crippen LogP contribution in [-0.4, -0.2) is 15.4 Å². The van der Waals surface area contributed by atoms with E-state index < -0.39 is 8.32 Å². The largest absolute Gasteiger partial charge is 0.548 e. The molecule has 0 spiro atoms. The lowest BCUT2D eigenvalue weighted by Crippen LogP contribution is -2.26. The van der Waals surface area contributed by atoms with Crippen LogP contribution in [0.15, 0.2) is 36.1 Å². The molecule has 0 fully saturated rings. The topological polar surface area (TPSA) is 18.5 Å². The van der Waals surface area contributed by atoms with Gasteiger partial charge in [-0.25, -0.2) is 0 Å². The minimum Gasteiger partial charge on any atom is -0.548 e. The van der Waals surface area contributed by atoms with E-state index in [0.29, 0.717) is 5.92 Å². The van der Waals surface area contributed by atoms with Crippen molar-refractivity contribution >= 4 is 8.32 Å². The molecule has 1 aliphatic rings. The molecule has 0 N–H and O–H groups in total. The summed E-state index contributed by atoms with van der Waals surface area (Å²) < 4.78 is 11.4. The molecule has 0 amide bonds. The lowest BCUT2D eigenvalue weighted by Gasteiger charge is -2.27. The molecule has 0 saturated heterocycles. The van der Waals surface area contributed by atoms with Crippen LogP contribution in [0.1, 0.15) is 31.2 Å². The first-order valence-electron chi connectivity index (χ1n) is 7.99. The van der Waals surface area contributed by atoms with Crippen LogP contribution in [0.4, 0.5) is 0 Å². The summed E-state index contributed by atoms with van der Waals surface area (Å²) >= 11 is 0. The number of aryl methyl sites for hydroxylation is 1. The zero-order valence-electron chi connectivity index (χ0n) is 13.8. The van der Waals surface area contributed by atoms with Gasteiger partial charge in [0.25, 0.3) is 0 Å². The SMILES string of the molecule is COc1ccc(CCC2C=C(O[Si](C)(C)C)CCC2)cc1. The van der Waals surface area contributed by atoms with Gasteiger partial charge in [-0.1, -0.05) is 12.1 Å². The summed E-state index contributed by atoms with van der Waals surface area (Å²) in [4.78, 5) is 0. The molecular formula is C18H28O2Si. The summed E-state index contributed by atoms with van der Waals surface area (Å²) in [6, 6.07) is 8.44. The van der Waals surface area contributed by atoms with Gasteiger partial charge in [0.1, 0.15) is 5.75 Å². The predicted octanol–water partition coefficient (Wildman–Crippen LogP) is 5.16. The Bertz CT molecular complexity index is 471. The molecule has 1 atom stereocenters. The molecule has 0 heterocycles. The second kappa shape index (κ2) is 7.17. The van der Waals surface area contributed by atoms with E-state index in [1.165, 1.54) is 30.6 Å². The van der Waals surface area contributed by atoms with Gasteiger partial charge in [0.2, 0.25) is 8.32 Å². The van der Waals surface area contributed by atoms with Gasteiger partial charge in [-0.05, 0) is 75.0 Å². The van der Waals surface area contributed by atoms with Gasteiger partial charge in [-0.2, -0.15) is 0 Å². The van der Waals surface area contributed by atoms with Crippen LogP contribution in [0, 0.1) is 5.92 Å². The van der Waals surface area contributed by atoms with Crippen molar-refractivity contribution in [1.82, 2.24) is 0 Å². The number of hydrogen-bond donors (Lipinski definition) is 0. The summed E-state index contributed by atoms with van der Waals surface area (Å²) in [5.74, 6) is 2.86. The van der Waals surface area contributed by atoms with Gasteiger partial charge in [-0.15, -0.1) is 0 Å². The molecule has 0 saturated carbocycles. The van der Waals surface area contributed by atoms with Gasteiger partial charge < -0.3 is 9.16 Å². The number of hydrogen-bond acceptors (Lipinski definition) is 2. The number of methoxy groups -OCH3 is 1. The number of benzene rings is 1. The molecule has 0 radical (unpaired) electrons. The van der Waals surface area contributed by atoms with Crippen LogP contribution >= 0.6 is 0 Å². The first-order chi connectivity index (χ1) is 9.96. The Morgan fingerprint density at radius 2 is 1.86 bits per heavy atom. The summed E-state index contributed by atoms with van der Waals surface area (Å²) in [7, 11) is 0.256. The molecular weight excluding hydrogens is 276 g/mol. The van der Waals surface area contributed by atoms with Crippen LogP contribution in [0.2, 0.25) is 19.6 Å². The smallest absolute Gasteiger partial charge is 0.241 e. The standard InChI is InChI=1S/C18H28O2Si/c1-19-17-12-10-15(11-13-17)8-9-16-6-5-7-18(14-16)20-21(2,3)4/h10-14,16H,5-9H2,1-4H3. The average Bonchev–Trinajstić information content (AvgIpc) is 2.44. The van der Waals surface area contributed by atoms with Crippen molar-refractivity contribution in [1.29, 1.82) is 0 Å². The lowest BCUT2D eigenvalue weighted by molar-refractivity contribution is 0.352. The minimum atomic E-state index is -1.45. The second-order valence-electron chi connectivity index (χ2n) is 6.89. The first kappa shape index (κ1) is 16.2. The van der Waals surface area contributed by atoms with Crippen molar-refractivity contribution in [2.75, 3.05) is 7.11 Å². The van der Waals surface area contributed by atoms with Crippen molar-refractivity contribution in [2.45, 2.75) is 51.7 Å². The van der Waals surface area contributed by atoms with E-state index in [4.69, 9.17) is 9.16 Å². The highest BCUT2D eigenvalue weighted by Crippen LogP contribution is 2.29. The molecule has 0 bridgehead atoms. The summed E-state index contributed by atoms with van der Waals surface area (Å²) in [6.45, 7) is 6.78. The Morgan fingerprint density at radius 3 is 2.48 bits per heavy atom. The van der Waals surface area contributed by atoms with Crippen molar-refractivity contribution in [3.8, 4) is 5.75 Å². The molecule has 3 heteroatoms. The Kier molecular flexibility index (Phi) is 5.51. The maximum atomic E-state index is 6.17. The van der Waals surface area contributed by atoms with E-state index in [-0.39, 0.29) is 0 Å². The Morgan fingerprint density at radius 1 is 1.14 bits per heavy atom. The average molecular weight is 305 g/mol. The molecule has 21 heavy (non-hydrogen) atoms. The monoisotopic (exact) mass is 304 g/mol. The zero-order valence-corrected chi connectivity index (χ0v) is 14.8. The predicted molar refractivity (Wildman–Crippen MR) is 91.2 cm³/mol. The maximum absolute atomic E-state index is 6.17. The second-order valence-corrected chi connectivity index (χ2v) is 11.3. The molecule has 0 aromatic heterocycles. The Hall–Kier alpha value is -1.22. The molecule has 1 aliphatic carbocycles. The normalized spacial score (nSPS) is 19.0. The van der Waals surface area contributed by atoms with Crippen molar-refractivity contribution < 1.29 is 9.16 Å². The Labute approximate surface area is 130 Å². The number of ether oxygens (including phenoxy) is 1. The van der Waals surface area contributed by atoms with E-state index in [1.54, 1.807) is 7.11 Å². The fraction of sp³-hybridized carbons (Fsp3) is 0.556. The molecule has 1 aromatic carbocycles. The third kappa shape index (κ3) is 5.58. The zero-order chi connectivity index (χ0) is 15.3.